The minimum absolute atomic E-state index is 0.128. The van der Waals surface area contributed by atoms with Crippen molar-refractivity contribution < 1.29 is 14.3 Å². The van der Waals surface area contributed by atoms with Gasteiger partial charge in [-0.1, -0.05) is 35.9 Å². The van der Waals surface area contributed by atoms with Crippen LogP contribution in [0.4, 0.5) is 0 Å². The maximum atomic E-state index is 13.4. The third-order valence-electron chi connectivity index (χ3n) is 5.54. The van der Waals surface area contributed by atoms with E-state index in [1.165, 1.54) is 12.7 Å². The Morgan fingerprint density at radius 3 is 2.31 bits per heavy atom. The van der Waals surface area contributed by atoms with E-state index < -0.39 is 0 Å². The van der Waals surface area contributed by atoms with Crippen LogP contribution in [0.25, 0.3) is 0 Å². The molecule has 3 rings (SSSR count). The van der Waals surface area contributed by atoms with Crippen LogP contribution in [-0.2, 0) is 4.74 Å². The van der Waals surface area contributed by atoms with Crippen molar-refractivity contribution in [1.82, 2.24) is 0 Å². The Hall–Kier alpha value is -2.56. The highest BCUT2D eigenvalue weighted by atomic mass is 35.5. The molecule has 0 aliphatic rings. The van der Waals surface area contributed by atoms with Gasteiger partial charge in [-0.05, 0) is 91.6 Å². The lowest BCUT2D eigenvalue weighted by atomic mass is 9.86. The molecule has 5 heteroatoms. The monoisotopic (exact) mass is 466 g/mol. The minimum Gasteiger partial charge on any atom is -0.465 e. The quantitative estimate of drug-likeness (QED) is 0.144. The summed E-state index contributed by atoms with van der Waals surface area (Å²) >= 11 is 7.94. The van der Waals surface area contributed by atoms with Gasteiger partial charge in [0.25, 0.3) is 0 Å². The number of carbonyl (C=O) groups is 2. The molecule has 166 valence electrons. The largest absolute Gasteiger partial charge is 0.465 e. The molecule has 3 nitrogen and oxygen atoms in total. The Morgan fingerprint density at radius 1 is 0.938 bits per heavy atom. The fourth-order valence-electron chi connectivity index (χ4n) is 3.55. The zero-order valence-electron chi connectivity index (χ0n) is 18.6. The number of methoxy groups -OCH3 is 1. The Labute approximate surface area is 199 Å². The van der Waals surface area contributed by atoms with Crippen LogP contribution in [0, 0.1) is 13.8 Å². The van der Waals surface area contributed by atoms with E-state index in [4.69, 9.17) is 16.3 Å². The molecule has 0 amide bonds. The molecular weight excluding hydrogens is 440 g/mol. The molecule has 0 bridgehead atoms. The Morgan fingerprint density at radius 2 is 1.66 bits per heavy atom. The second-order valence-corrected chi connectivity index (χ2v) is 9.38. The van der Waals surface area contributed by atoms with Crippen LogP contribution >= 0.6 is 23.4 Å². The highest BCUT2D eigenvalue weighted by molar-refractivity contribution is 7.99. The van der Waals surface area contributed by atoms with Gasteiger partial charge in [-0.15, -0.1) is 11.8 Å². The normalized spacial score (nSPS) is 11.8. The third-order valence-corrected chi connectivity index (χ3v) is 6.87. The standard InChI is InChI=1S/C27H27ClO3S/c1-18-9-10-22(16-19(18)2)26(29)25(21-6-4-7-23(28)17-21)8-5-15-32-24-13-11-20(12-14-24)27(30)31-3/h4,6-7,9-14,16-17,25H,5,8,15H2,1-3H3. The summed E-state index contributed by atoms with van der Waals surface area (Å²) in [6.07, 6.45) is 1.61. The van der Waals surface area contributed by atoms with Crippen molar-refractivity contribution in [1.29, 1.82) is 0 Å². The van der Waals surface area contributed by atoms with Crippen LogP contribution in [0.15, 0.2) is 71.6 Å². The van der Waals surface area contributed by atoms with E-state index in [0.29, 0.717) is 10.6 Å². The molecule has 0 aromatic heterocycles. The summed E-state index contributed by atoms with van der Waals surface area (Å²) in [5.41, 5.74) is 4.52. The van der Waals surface area contributed by atoms with E-state index in [1.54, 1.807) is 23.9 Å². The van der Waals surface area contributed by atoms with Crippen LogP contribution < -0.4 is 0 Å². The molecule has 0 fully saturated rings. The SMILES string of the molecule is COC(=O)c1ccc(SCCCC(C(=O)c2ccc(C)c(C)c2)c2cccc(Cl)c2)cc1. The number of hydrogen-bond acceptors (Lipinski definition) is 4. The average molecular weight is 467 g/mol. The van der Waals surface area contributed by atoms with Crippen LogP contribution in [-0.4, -0.2) is 24.6 Å². The minimum atomic E-state index is -0.337. The number of aryl methyl sites for hydroxylation is 2. The molecule has 3 aromatic carbocycles. The van der Waals surface area contributed by atoms with Crippen LogP contribution in [0.1, 0.15) is 56.2 Å². The number of hydrogen-bond donors (Lipinski definition) is 0. The maximum absolute atomic E-state index is 13.4. The van der Waals surface area contributed by atoms with Crippen LogP contribution in [0.3, 0.4) is 0 Å². The number of rotatable bonds is 9. The molecule has 1 atom stereocenters. The van der Waals surface area contributed by atoms with Gasteiger partial charge in [0, 0.05) is 21.4 Å². The summed E-state index contributed by atoms with van der Waals surface area (Å²) in [5.74, 6) is 0.422. The van der Waals surface area contributed by atoms with Crippen molar-refractivity contribution in [2.45, 2.75) is 37.5 Å². The first-order valence-corrected chi connectivity index (χ1v) is 11.9. The van der Waals surface area contributed by atoms with Crippen molar-refractivity contribution in [2.75, 3.05) is 12.9 Å². The molecule has 0 saturated carbocycles. The molecule has 0 radical (unpaired) electrons. The van der Waals surface area contributed by atoms with Gasteiger partial charge in [-0.25, -0.2) is 4.79 Å². The maximum Gasteiger partial charge on any atom is 0.337 e. The van der Waals surface area contributed by atoms with Crippen molar-refractivity contribution in [2.24, 2.45) is 0 Å². The topological polar surface area (TPSA) is 43.4 Å². The first-order valence-electron chi connectivity index (χ1n) is 10.6. The summed E-state index contributed by atoms with van der Waals surface area (Å²) in [7, 11) is 1.38. The summed E-state index contributed by atoms with van der Waals surface area (Å²) in [4.78, 5) is 26.1. The molecular formula is C27H27ClO3S. The molecule has 0 saturated heterocycles. The van der Waals surface area contributed by atoms with Gasteiger partial charge >= 0.3 is 5.97 Å². The van der Waals surface area contributed by atoms with E-state index >= 15 is 0 Å². The van der Waals surface area contributed by atoms with E-state index in [2.05, 4.69) is 0 Å². The number of carbonyl (C=O) groups excluding carboxylic acids is 2. The Bertz CT molecular complexity index is 1090. The van der Waals surface area contributed by atoms with E-state index in [1.807, 2.05) is 68.4 Å². The average Bonchev–Trinajstić information content (AvgIpc) is 2.80. The number of benzene rings is 3. The van der Waals surface area contributed by atoms with Gasteiger partial charge in [-0.2, -0.15) is 0 Å². The van der Waals surface area contributed by atoms with Crippen LogP contribution in [0.5, 0.6) is 0 Å². The van der Waals surface area contributed by atoms with Gasteiger partial charge in [0.1, 0.15) is 0 Å². The fourth-order valence-corrected chi connectivity index (χ4v) is 4.62. The number of esters is 1. The number of halogens is 1. The van der Waals surface area contributed by atoms with Gasteiger partial charge < -0.3 is 4.74 Å². The molecule has 0 heterocycles. The highest BCUT2D eigenvalue weighted by Gasteiger charge is 2.22. The van der Waals surface area contributed by atoms with E-state index in [0.717, 1.165) is 40.2 Å². The molecule has 0 aliphatic carbocycles. The molecule has 0 aliphatic heterocycles. The first kappa shape index (κ1) is 24.1. The molecule has 32 heavy (non-hydrogen) atoms. The predicted octanol–water partition coefficient (Wildman–Crippen LogP) is 7.28. The lowest BCUT2D eigenvalue weighted by molar-refractivity contribution is 0.0600. The third kappa shape index (κ3) is 6.24. The number of Topliss-reactive ketones (excluding diaryl/α,β-unsaturated/α-hetero) is 1. The number of ether oxygens (including phenoxy) is 1. The first-order chi connectivity index (χ1) is 15.4. The summed E-state index contributed by atoms with van der Waals surface area (Å²) in [5, 5.41) is 0.639. The van der Waals surface area contributed by atoms with E-state index in [-0.39, 0.29) is 17.7 Å². The van der Waals surface area contributed by atoms with Gasteiger partial charge in [-0.3, -0.25) is 4.79 Å². The van der Waals surface area contributed by atoms with Gasteiger partial charge in [0.15, 0.2) is 5.78 Å². The van der Waals surface area contributed by atoms with Crippen molar-refractivity contribution in [3.8, 4) is 0 Å². The number of thioether (sulfide) groups is 1. The molecule has 0 spiro atoms. The van der Waals surface area contributed by atoms with Crippen molar-refractivity contribution in [3.63, 3.8) is 0 Å². The Balaban J connectivity index is 1.68. The van der Waals surface area contributed by atoms with Crippen molar-refractivity contribution in [3.05, 3.63) is 99.6 Å². The second kappa shape index (κ2) is 11.3. The summed E-state index contributed by atoms with van der Waals surface area (Å²) in [6.45, 7) is 4.08. The smallest absolute Gasteiger partial charge is 0.337 e. The molecule has 0 N–H and O–H groups in total. The molecule has 1 unspecified atom stereocenters. The Kier molecular flexibility index (Phi) is 8.54. The predicted molar refractivity (Wildman–Crippen MR) is 132 cm³/mol. The highest BCUT2D eigenvalue weighted by Crippen LogP contribution is 2.30. The van der Waals surface area contributed by atoms with E-state index in [9.17, 15) is 9.59 Å². The lowest BCUT2D eigenvalue weighted by Crippen LogP contribution is -2.14. The summed E-state index contributed by atoms with van der Waals surface area (Å²) < 4.78 is 4.74. The summed E-state index contributed by atoms with van der Waals surface area (Å²) in [6, 6.07) is 20.9. The second-order valence-electron chi connectivity index (χ2n) is 7.78. The van der Waals surface area contributed by atoms with Crippen LogP contribution in [0.2, 0.25) is 5.02 Å². The molecule has 3 aromatic rings. The van der Waals surface area contributed by atoms with Gasteiger partial charge in [0.05, 0.1) is 12.7 Å². The zero-order valence-corrected chi connectivity index (χ0v) is 20.1. The lowest BCUT2D eigenvalue weighted by Gasteiger charge is -2.17. The fraction of sp³-hybridized carbons (Fsp3) is 0.259. The number of ketones is 1. The van der Waals surface area contributed by atoms with Gasteiger partial charge in [0.2, 0.25) is 0 Å². The zero-order chi connectivity index (χ0) is 23.1. The van der Waals surface area contributed by atoms with Crippen molar-refractivity contribution >= 4 is 35.1 Å².